The molecule has 0 saturated heterocycles. The first kappa shape index (κ1) is 9.28. The highest BCUT2D eigenvalue weighted by Crippen LogP contribution is 2.33. The molecule has 2 N–H and O–H groups in total. The zero-order valence-electron chi connectivity index (χ0n) is 7.47. The molecular formula is C9H10NO3P. The maximum atomic E-state index is 10.4. The van der Waals surface area contributed by atoms with E-state index in [0.29, 0.717) is 30.0 Å². The highest BCUT2D eigenvalue weighted by Gasteiger charge is 2.20. The van der Waals surface area contributed by atoms with Crippen LogP contribution in [0.1, 0.15) is 0 Å². The molecule has 0 saturated carbocycles. The molecule has 14 heavy (non-hydrogen) atoms. The van der Waals surface area contributed by atoms with Crippen molar-refractivity contribution in [2.75, 3.05) is 18.5 Å². The molecule has 1 aromatic rings. The van der Waals surface area contributed by atoms with E-state index >= 15 is 0 Å². The Morgan fingerprint density at radius 3 is 3.14 bits per heavy atom. The number of anilines is 1. The second-order valence-electron chi connectivity index (χ2n) is 3.07. The van der Waals surface area contributed by atoms with E-state index < -0.39 is 0 Å². The lowest BCUT2D eigenvalue weighted by atomic mass is 10.2. The van der Waals surface area contributed by atoms with Gasteiger partial charge in [0.2, 0.25) is 0 Å². The Labute approximate surface area is 83.2 Å². The van der Waals surface area contributed by atoms with E-state index in [4.69, 9.17) is 15.2 Å². The Morgan fingerprint density at radius 2 is 2.36 bits per heavy atom. The minimum atomic E-state index is -0.134. The number of ether oxygens (including phenoxy) is 2. The molecule has 0 aromatic heterocycles. The van der Waals surface area contributed by atoms with Crippen LogP contribution in [0, 0.1) is 0 Å². The third-order valence-corrected chi connectivity index (χ3v) is 2.52. The van der Waals surface area contributed by atoms with Crippen LogP contribution in [-0.4, -0.2) is 18.9 Å². The molecule has 0 amide bonds. The topological polar surface area (TPSA) is 61.5 Å². The minimum absolute atomic E-state index is 0.0751. The van der Waals surface area contributed by atoms with Gasteiger partial charge in [-0.25, -0.2) is 0 Å². The highest BCUT2D eigenvalue weighted by atomic mass is 31.1. The van der Waals surface area contributed by atoms with E-state index in [-0.39, 0.29) is 14.6 Å². The maximum absolute atomic E-state index is 10.4. The maximum Gasteiger partial charge on any atom is 0.163 e. The fraction of sp³-hybridized carbons (Fsp3) is 0.333. The molecule has 1 aliphatic rings. The minimum Gasteiger partial charge on any atom is -0.486 e. The van der Waals surface area contributed by atoms with Gasteiger partial charge in [0.15, 0.2) is 20.0 Å². The number of nitrogen functional groups attached to an aromatic ring is 1. The van der Waals surface area contributed by atoms with E-state index in [1.807, 2.05) is 0 Å². The molecule has 0 aliphatic carbocycles. The van der Waals surface area contributed by atoms with Gasteiger partial charge in [-0.3, -0.25) is 4.57 Å². The first-order valence-corrected chi connectivity index (χ1v) is 5.27. The van der Waals surface area contributed by atoms with Gasteiger partial charge in [0.05, 0.1) is 6.16 Å². The number of benzene rings is 1. The Kier molecular flexibility index (Phi) is 2.55. The van der Waals surface area contributed by atoms with Crippen LogP contribution in [-0.2, 0) is 4.57 Å². The van der Waals surface area contributed by atoms with E-state index in [1.165, 1.54) is 0 Å². The number of rotatable bonds is 2. The Bertz CT molecular complexity index is 356. The van der Waals surface area contributed by atoms with Gasteiger partial charge in [-0.1, -0.05) is 0 Å². The molecule has 0 bridgehead atoms. The SMILES string of the molecule is Nc1ccc2c(c1)OCC(CP=O)O2. The Balaban J connectivity index is 2.18. The zero-order chi connectivity index (χ0) is 9.97. The first-order valence-electron chi connectivity index (χ1n) is 4.27. The Hall–Kier alpha value is -1.28. The van der Waals surface area contributed by atoms with Crippen molar-refractivity contribution in [3.05, 3.63) is 18.2 Å². The van der Waals surface area contributed by atoms with Gasteiger partial charge < -0.3 is 15.2 Å². The zero-order valence-corrected chi connectivity index (χ0v) is 8.37. The predicted molar refractivity (Wildman–Crippen MR) is 53.2 cm³/mol. The molecule has 74 valence electrons. The quantitative estimate of drug-likeness (QED) is 0.597. The van der Waals surface area contributed by atoms with Crippen molar-refractivity contribution in [1.82, 2.24) is 0 Å². The average Bonchev–Trinajstić information content (AvgIpc) is 2.19. The molecule has 1 unspecified atom stereocenters. The largest absolute Gasteiger partial charge is 0.486 e. The molecule has 0 fully saturated rings. The molecule has 1 atom stereocenters. The van der Waals surface area contributed by atoms with Gasteiger partial charge in [0, 0.05) is 11.8 Å². The smallest absolute Gasteiger partial charge is 0.163 e. The highest BCUT2D eigenvalue weighted by molar-refractivity contribution is 7.23. The lowest BCUT2D eigenvalue weighted by Gasteiger charge is -2.25. The van der Waals surface area contributed by atoms with Crippen molar-refractivity contribution in [3.8, 4) is 11.5 Å². The predicted octanol–water partition coefficient (Wildman–Crippen LogP) is 1.70. The fourth-order valence-electron chi connectivity index (χ4n) is 1.30. The van der Waals surface area contributed by atoms with Crippen LogP contribution >= 0.6 is 8.46 Å². The molecule has 1 heterocycles. The lowest BCUT2D eigenvalue weighted by molar-refractivity contribution is 0.107. The van der Waals surface area contributed by atoms with Gasteiger partial charge in [-0.05, 0) is 12.1 Å². The summed E-state index contributed by atoms with van der Waals surface area (Å²) in [5, 5.41) is 0. The fourth-order valence-corrected chi connectivity index (χ4v) is 1.65. The summed E-state index contributed by atoms with van der Waals surface area (Å²) < 4.78 is 21.3. The van der Waals surface area contributed by atoms with Crippen LogP contribution in [0.25, 0.3) is 0 Å². The second kappa shape index (κ2) is 3.84. The van der Waals surface area contributed by atoms with Crippen molar-refractivity contribution in [2.24, 2.45) is 0 Å². The molecule has 1 aliphatic heterocycles. The van der Waals surface area contributed by atoms with Crippen LogP contribution in [0.3, 0.4) is 0 Å². The van der Waals surface area contributed by atoms with Crippen LogP contribution < -0.4 is 15.2 Å². The van der Waals surface area contributed by atoms with Crippen molar-refractivity contribution in [1.29, 1.82) is 0 Å². The van der Waals surface area contributed by atoms with Crippen LogP contribution in [0.4, 0.5) is 5.69 Å². The number of nitrogens with two attached hydrogens (primary N) is 1. The van der Waals surface area contributed by atoms with Crippen LogP contribution in [0.15, 0.2) is 18.2 Å². The van der Waals surface area contributed by atoms with Crippen molar-refractivity contribution in [3.63, 3.8) is 0 Å². The molecule has 0 spiro atoms. The number of hydrogen-bond acceptors (Lipinski definition) is 4. The molecule has 2 rings (SSSR count). The van der Waals surface area contributed by atoms with Crippen LogP contribution in [0.5, 0.6) is 11.5 Å². The summed E-state index contributed by atoms with van der Waals surface area (Å²) in [5.74, 6) is 1.32. The van der Waals surface area contributed by atoms with Gasteiger partial charge in [-0.15, -0.1) is 0 Å². The summed E-state index contributed by atoms with van der Waals surface area (Å²) in [6.07, 6.45) is 0.314. The second-order valence-corrected chi connectivity index (χ2v) is 3.69. The molecule has 5 heteroatoms. The van der Waals surface area contributed by atoms with Gasteiger partial charge in [-0.2, -0.15) is 0 Å². The number of fused-ring (bicyclic) bond motifs is 1. The van der Waals surface area contributed by atoms with E-state index in [1.54, 1.807) is 18.2 Å². The molecule has 1 aromatic carbocycles. The van der Waals surface area contributed by atoms with Crippen LogP contribution in [0.2, 0.25) is 0 Å². The van der Waals surface area contributed by atoms with Crippen molar-refractivity contribution in [2.45, 2.75) is 6.10 Å². The third-order valence-electron chi connectivity index (χ3n) is 1.96. The molecule has 0 radical (unpaired) electrons. The lowest BCUT2D eigenvalue weighted by Crippen LogP contribution is -2.30. The monoisotopic (exact) mass is 211 g/mol. The normalized spacial score (nSPS) is 19.6. The van der Waals surface area contributed by atoms with Gasteiger partial charge >= 0.3 is 0 Å². The summed E-state index contributed by atoms with van der Waals surface area (Å²) in [6.45, 7) is 0.422. The summed E-state index contributed by atoms with van der Waals surface area (Å²) in [5.41, 5.74) is 6.23. The summed E-state index contributed by atoms with van der Waals surface area (Å²) in [6, 6.07) is 5.23. The average molecular weight is 211 g/mol. The van der Waals surface area contributed by atoms with E-state index in [2.05, 4.69) is 0 Å². The van der Waals surface area contributed by atoms with Crippen molar-refractivity contribution < 1.29 is 14.0 Å². The van der Waals surface area contributed by atoms with E-state index in [0.717, 1.165) is 0 Å². The first-order chi connectivity index (χ1) is 6.79. The Morgan fingerprint density at radius 1 is 1.50 bits per heavy atom. The summed E-state index contributed by atoms with van der Waals surface area (Å²) >= 11 is 0. The van der Waals surface area contributed by atoms with Gasteiger partial charge in [0.25, 0.3) is 0 Å². The number of hydrogen-bond donors (Lipinski definition) is 1. The molecular weight excluding hydrogens is 201 g/mol. The van der Waals surface area contributed by atoms with Gasteiger partial charge in [0.1, 0.15) is 12.7 Å². The van der Waals surface area contributed by atoms with Crippen molar-refractivity contribution >= 4 is 14.1 Å². The summed E-state index contributed by atoms with van der Waals surface area (Å²) in [4.78, 5) is 0. The third kappa shape index (κ3) is 1.80. The standard InChI is InChI=1S/C9H10NO3P/c10-6-1-2-8-9(3-6)12-4-7(13-8)5-14-11/h1-3,7H,4-5,10H2. The molecule has 4 nitrogen and oxygen atoms in total. The summed E-state index contributed by atoms with van der Waals surface area (Å²) in [7, 11) is 0.0751. The van der Waals surface area contributed by atoms with E-state index in [9.17, 15) is 4.57 Å².